The summed E-state index contributed by atoms with van der Waals surface area (Å²) >= 11 is 0. The van der Waals surface area contributed by atoms with Crippen LogP contribution in [0.2, 0.25) is 0 Å². The van der Waals surface area contributed by atoms with Gasteiger partial charge < -0.3 is 14.6 Å². The fraction of sp³-hybridized carbons (Fsp3) is 0.222. The van der Waals surface area contributed by atoms with Gasteiger partial charge in [0.15, 0.2) is 0 Å². The molecule has 0 aliphatic carbocycles. The summed E-state index contributed by atoms with van der Waals surface area (Å²) in [5, 5.41) is 11.3. The van der Waals surface area contributed by atoms with E-state index in [0.717, 1.165) is 6.42 Å². The molecule has 1 amide bonds. The van der Waals surface area contributed by atoms with Crippen molar-refractivity contribution in [2.45, 2.75) is 26.3 Å². The molecule has 1 aliphatic heterocycles. The number of pyridine rings is 1. The van der Waals surface area contributed by atoms with Crippen molar-refractivity contribution in [1.29, 1.82) is 0 Å². The molecule has 2 aromatic carbocycles. The van der Waals surface area contributed by atoms with Gasteiger partial charge in [0.05, 0.1) is 24.8 Å². The number of rotatable bonds is 8. The van der Waals surface area contributed by atoms with E-state index in [1.807, 2.05) is 13.8 Å². The third kappa shape index (κ3) is 4.50. The number of hydrogen-bond donors (Lipinski definition) is 1. The Kier molecular flexibility index (Phi) is 6.92. The molecule has 34 heavy (non-hydrogen) atoms. The zero-order chi connectivity index (χ0) is 24.1. The second kappa shape index (κ2) is 10.2. The molecule has 1 N–H and O–H groups in total. The number of Topliss-reactive ketones (excluding diaryl/α,β-unsaturated/α-hetero) is 1. The van der Waals surface area contributed by atoms with Crippen molar-refractivity contribution >= 4 is 23.1 Å². The van der Waals surface area contributed by atoms with Gasteiger partial charge in [-0.1, -0.05) is 19.1 Å². The summed E-state index contributed by atoms with van der Waals surface area (Å²) in [6, 6.07) is 16.5. The maximum Gasteiger partial charge on any atom is 0.300 e. The van der Waals surface area contributed by atoms with Crippen LogP contribution in [0.4, 0.5) is 5.69 Å². The first kappa shape index (κ1) is 23.0. The van der Waals surface area contributed by atoms with E-state index in [1.54, 1.807) is 73.1 Å². The van der Waals surface area contributed by atoms with Gasteiger partial charge in [-0.15, -0.1) is 0 Å². The third-order valence-corrected chi connectivity index (χ3v) is 5.47. The Labute approximate surface area is 198 Å². The number of anilines is 1. The molecule has 1 aliphatic rings. The molecule has 2 heterocycles. The maximum atomic E-state index is 13.2. The number of ether oxygens (including phenoxy) is 2. The van der Waals surface area contributed by atoms with E-state index in [9.17, 15) is 14.7 Å². The Bertz CT molecular complexity index is 1210. The standard InChI is InChI=1S/C27H26N2O5/c1-3-16-34-22-7-5-6-19(17-22)25(30)23-24(18-12-14-28-15-13-18)29(27(32)26(23)31)20-8-10-21(11-9-20)33-4-2/h5-15,17,24,30H,3-4,16H2,1-2H3/b25-23-. The van der Waals surface area contributed by atoms with Crippen LogP contribution in [0, 0.1) is 0 Å². The Balaban J connectivity index is 1.83. The number of aliphatic hydroxyl groups is 1. The van der Waals surface area contributed by atoms with E-state index < -0.39 is 17.7 Å². The minimum Gasteiger partial charge on any atom is -0.507 e. The highest BCUT2D eigenvalue weighted by atomic mass is 16.5. The Hall–Kier alpha value is -4.13. The number of benzene rings is 2. The predicted octanol–water partition coefficient (Wildman–Crippen LogP) is 4.90. The van der Waals surface area contributed by atoms with E-state index in [0.29, 0.717) is 41.5 Å². The van der Waals surface area contributed by atoms with Gasteiger partial charge >= 0.3 is 0 Å². The van der Waals surface area contributed by atoms with Crippen LogP contribution >= 0.6 is 0 Å². The molecule has 1 atom stereocenters. The number of nitrogens with zero attached hydrogens (tertiary/aromatic N) is 2. The molecular formula is C27H26N2O5. The maximum absolute atomic E-state index is 13.2. The SMILES string of the molecule is CCCOc1cccc(/C(O)=C2/C(=O)C(=O)N(c3ccc(OCC)cc3)C2c2ccncc2)c1. The number of aromatic nitrogens is 1. The van der Waals surface area contributed by atoms with Crippen molar-refractivity contribution in [2.24, 2.45) is 0 Å². The normalized spacial score (nSPS) is 17.1. The van der Waals surface area contributed by atoms with Crippen molar-refractivity contribution in [2.75, 3.05) is 18.1 Å². The van der Waals surface area contributed by atoms with Crippen molar-refractivity contribution < 1.29 is 24.2 Å². The first-order valence-corrected chi connectivity index (χ1v) is 11.2. The zero-order valence-corrected chi connectivity index (χ0v) is 19.1. The van der Waals surface area contributed by atoms with Gasteiger partial charge in [0.25, 0.3) is 11.7 Å². The fourth-order valence-corrected chi connectivity index (χ4v) is 3.94. The topological polar surface area (TPSA) is 89.0 Å². The first-order valence-electron chi connectivity index (χ1n) is 11.2. The van der Waals surface area contributed by atoms with Gasteiger partial charge in [0, 0.05) is 23.6 Å². The molecule has 0 radical (unpaired) electrons. The summed E-state index contributed by atoms with van der Waals surface area (Å²) in [4.78, 5) is 31.9. The molecule has 7 nitrogen and oxygen atoms in total. The number of aliphatic hydroxyl groups excluding tert-OH is 1. The van der Waals surface area contributed by atoms with Crippen LogP contribution < -0.4 is 14.4 Å². The van der Waals surface area contributed by atoms with E-state index in [4.69, 9.17) is 9.47 Å². The number of carbonyl (C=O) groups is 2. The number of carbonyl (C=O) groups excluding carboxylic acids is 2. The van der Waals surface area contributed by atoms with Crippen molar-refractivity contribution in [3.05, 3.63) is 89.8 Å². The molecule has 1 unspecified atom stereocenters. The zero-order valence-electron chi connectivity index (χ0n) is 19.1. The average molecular weight is 459 g/mol. The Morgan fingerprint density at radius 1 is 0.971 bits per heavy atom. The number of amides is 1. The van der Waals surface area contributed by atoms with E-state index in [-0.39, 0.29) is 11.3 Å². The van der Waals surface area contributed by atoms with Crippen molar-refractivity contribution in [1.82, 2.24) is 4.98 Å². The third-order valence-electron chi connectivity index (χ3n) is 5.47. The van der Waals surface area contributed by atoms with Crippen LogP contribution in [-0.2, 0) is 9.59 Å². The second-order valence-electron chi connectivity index (χ2n) is 7.75. The number of ketones is 1. The van der Waals surface area contributed by atoms with Gasteiger partial charge in [0.1, 0.15) is 17.3 Å². The lowest BCUT2D eigenvalue weighted by molar-refractivity contribution is -0.132. The molecule has 0 spiro atoms. The summed E-state index contributed by atoms with van der Waals surface area (Å²) in [6.45, 7) is 4.93. The molecule has 7 heteroatoms. The van der Waals surface area contributed by atoms with Crippen LogP contribution in [-0.4, -0.2) is 35.0 Å². The van der Waals surface area contributed by atoms with Crippen molar-refractivity contribution in [3.63, 3.8) is 0 Å². The molecule has 0 saturated carbocycles. The monoisotopic (exact) mass is 458 g/mol. The van der Waals surface area contributed by atoms with Gasteiger partial charge in [0.2, 0.25) is 0 Å². The van der Waals surface area contributed by atoms with E-state index >= 15 is 0 Å². The predicted molar refractivity (Wildman–Crippen MR) is 129 cm³/mol. The van der Waals surface area contributed by atoms with E-state index in [2.05, 4.69) is 4.98 Å². The highest BCUT2D eigenvalue weighted by Crippen LogP contribution is 2.42. The molecule has 174 valence electrons. The van der Waals surface area contributed by atoms with Gasteiger partial charge in [-0.2, -0.15) is 0 Å². The second-order valence-corrected chi connectivity index (χ2v) is 7.75. The quantitative estimate of drug-likeness (QED) is 0.294. The first-order chi connectivity index (χ1) is 16.5. The lowest BCUT2D eigenvalue weighted by atomic mass is 9.95. The van der Waals surface area contributed by atoms with Gasteiger partial charge in [-0.3, -0.25) is 19.5 Å². The van der Waals surface area contributed by atoms with Crippen LogP contribution in [0.25, 0.3) is 5.76 Å². The summed E-state index contributed by atoms with van der Waals surface area (Å²) in [6.07, 6.45) is 4.02. The van der Waals surface area contributed by atoms with Gasteiger partial charge in [-0.05, 0) is 67.4 Å². The Morgan fingerprint density at radius 3 is 2.38 bits per heavy atom. The average Bonchev–Trinajstić information content (AvgIpc) is 3.14. The molecule has 1 saturated heterocycles. The molecule has 0 bridgehead atoms. The summed E-state index contributed by atoms with van der Waals surface area (Å²) in [5.41, 5.74) is 1.59. The van der Waals surface area contributed by atoms with E-state index in [1.165, 1.54) is 4.90 Å². The van der Waals surface area contributed by atoms with Gasteiger partial charge in [-0.25, -0.2) is 0 Å². The van der Waals surface area contributed by atoms with Crippen molar-refractivity contribution in [3.8, 4) is 11.5 Å². The molecular weight excluding hydrogens is 432 g/mol. The fourth-order valence-electron chi connectivity index (χ4n) is 3.94. The lowest BCUT2D eigenvalue weighted by Crippen LogP contribution is -2.29. The summed E-state index contributed by atoms with van der Waals surface area (Å²) in [5.74, 6) is -0.492. The molecule has 4 rings (SSSR count). The molecule has 1 aromatic heterocycles. The smallest absolute Gasteiger partial charge is 0.300 e. The Morgan fingerprint density at radius 2 is 1.71 bits per heavy atom. The molecule has 3 aromatic rings. The minimum absolute atomic E-state index is 0.0118. The summed E-state index contributed by atoms with van der Waals surface area (Å²) in [7, 11) is 0. The lowest BCUT2D eigenvalue weighted by Gasteiger charge is -2.25. The van der Waals surface area contributed by atoms with Crippen LogP contribution in [0.15, 0.2) is 78.6 Å². The van der Waals surface area contributed by atoms with Crippen LogP contribution in [0.1, 0.15) is 37.4 Å². The minimum atomic E-state index is -0.818. The summed E-state index contributed by atoms with van der Waals surface area (Å²) < 4.78 is 11.2. The highest BCUT2D eigenvalue weighted by Gasteiger charge is 2.47. The van der Waals surface area contributed by atoms with Crippen LogP contribution in [0.5, 0.6) is 11.5 Å². The number of hydrogen-bond acceptors (Lipinski definition) is 6. The van der Waals surface area contributed by atoms with Crippen LogP contribution in [0.3, 0.4) is 0 Å². The highest BCUT2D eigenvalue weighted by molar-refractivity contribution is 6.51. The largest absolute Gasteiger partial charge is 0.507 e. The molecule has 1 fully saturated rings.